The van der Waals surface area contributed by atoms with Crippen molar-refractivity contribution in [1.29, 1.82) is 0 Å². The molecule has 2 N–H and O–H groups in total. The number of carbonyl (C=O) groups is 2. The molecule has 1 aromatic rings. The van der Waals surface area contributed by atoms with Crippen LogP contribution in [-0.4, -0.2) is 17.7 Å². The molecule has 0 aromatic heterocycles. The van der Waals surface area contributed by atoms with Gasteiger partial charge >= 0.3 is 0 Å². The maximum Gasteiger partial charge on any atom is 0.227 e. The van der Waals surface area contributed by atoms with Crippen LogP contribution < -0.4 is 10.6 Å². The molecule has 3 rings (SSSR count). The van der Waals surface area contributed by atoms with E-state index in [0.29, 0.717) is 18.2 Å². The Labute approximate surface area is 141 Å². The molecule has 0 spiro atoms. The Morgan fingerprint density at radius 3 is 2.54 bits per heavy atom. The van der Waals surface area contributed by atoms with Gasteiger partial charge in [0.15, 0.2) is 5.78 Å². The summed E-state index contributed by atoms with van der Waals surface area (Å²) < 4.78 is 13.2. The maximum absolute atomic E-state index is 13.2. The zero-order valence-electron chi connectivity index (χ0n) is 13.9. The van der Waals surface area contributed by atoms with Crippen LogP contribution in [0.3, 0.4) is 0 Å². The third kappa shape index (κ3) is 3.83. The Balaban J connectivity index is 1.50. The monoisotopic (exact) mass is 330 g/mol. The quantitative estimate of drug-likeness (QED) is 0.887. The first-order valence-electron chi connectivity index (χ1n) is 8.59. The molecule has 0 unspecified atom stereocenters. The van der Waals surface area contributed by atoms with Crippen molar-refractivity contribution in [3.8, 4) is 0 Å². The zero-order valence-corrected chi connectivity index (χ0v) is 13.9. The Morgan fingerprint density at radius 2 is 1.92 bits per heavy atom. The molecule has 1 fully saturated rings. The first kappa shape index (κ1) is 16.7. The molecule has 2 aliphatic rings. The predicted molar refractivity (Wildman–Crippen MR) is 90.9 cm³/mol. The number of rotatable bonds is 4. The molecule has 24 heavy (non-hydrogen) atoms. The van der Waals surface area contributed by atoms with Crippen molar-refractivity contribution in [1.82, 2.24) is 5.32 Å². The number of ketones is 1. The highest BCUT2D eigenvalue weighted by molar-refractivity contribution is 5.98. The molecule has 0 heterocycles. The van der Waals surface area contributed by atoms with Crippen molar-refractivity contribution < 1.29 is 14.0 Å². The summed E-state index contributed by atoms with van der Waals surface area (Å²) in [6.07, 6.45) is 4.85. The Morgan fingerprint density at radius 1 is 1.17 bits per heavy atom. The number of allylic oxidation sites excluding steroid dienone is 2. The largest absolute Gasteiger partial charge is 0.385 e. The lowest BCUT2D eigenvalue weighted by molar-refractivity contribution is -0.120. The van der Waals surface area contributed by atoms with E-state index >= 15 is 0 Å². The fourth-order valence-electron chi connectivity index (χ4n) is 3.52. The first-order valence-corrected chi connectivity index (χ1v) is 8.59. The minimum Gasteiger partial charge on any atom is -0.385 e. The van der Waals surface area contributed by atoms with Gasteiger partial charge in [0.1, 0.15) is 5.82 Å². The van der Waals surface area contributed by atoms with E-state index in [1.165, 1.54) is 12.1 Å². The number of anilines is 1. The van der Waals surface area contributed by atoms with Crippen molar-refractivity contribution in [2.45, 2.75) is 51.5 Å². The van der Waals surface area contributed by atoms with E-state index < -0.39 is 0 Å². The summed E-state index contributed by atoms with van der Waals surface area (Å²) in [4.78, 5) is 23.9. The molecular formula is C19H23FN2O2. The molecular weight excluding hydrogens is 307 g/mol. The molecule has 4 nitrogen and oxygen atoms in total. The van der Waals surface area contributed by atoms with Crippen LogP contribution in [0.25, 0.3) is 0 Å². The van der Waals surface area contributed by atoms with Crippen LogP contribution in [0.5, 0.6) is 0 Å². The number of hydrogen-bond donors (Lipinski definition) is 2. The summed E-state index contributed by atoms with van der Waals surface area (Å²) in [5.74, 6) is -0.187. The molecule has 0 atom stereocenters. The summed E-state index contributed by atoms with van der Waals surface area (Å²) >= 11 is 0. The lowest BCUT2D eigenvalue weighted by Gasteiger charge is -2.29. The molecule has 1 saturated carbocycles. The lowest BCUT2D eigenvalue weighted by Crippen LogP contribution is -2.36. The fourth-order valence-corrected chi connectivity index (χ4v) is 3.52. The van der Waals surface area contributed by atoms with E-state index in [1.807, 2.05) is 6.92 Å². The van der Waals surface area contributed by atoms with Crippen LogP contribution >= 0.6 is 0 Å². The van der Waals surface area contributed by atoms with Gasteiger partial charge < -0.3 is 10.6 Å². The van der Waals surface area contributed by atoms with Gasteiger partial charge in [0.25, 0.3) is 0 Å². The molecule has 5 heteroatoms. The standard InChI is InChI=1S/C19H23FN2O2/c1-12-17(9-10-18(12)23)21-15-7-5-13(6-8-15)19(24)22-16-4-2-3-14(20)11-16/h2-4,11,13,15,21H,5-10H2,1H3,(H,22,24). The van der Waals surface area contributed by atoms with Crippen LogP contribution in [-0.2, 0) is 9.59 Å². The highest BCUT2D eigenvalue weighted by Crippen LogP contribution is 2.28. The third-order valence-electron chi connectivity index (χ3n) is 5.04. The molecule has 2 aliphatic carbocycles. The fraction of sp³-hybridized carbons (Fsp3) is 0.474. The summed E-state index contributed by atoms with van der Waals surface area (Å²) in [5, 5.41) is 6.29. The Hall–Kier alpha value is -2.17. The predicted octanol–water partition coefficient (Wildman–Crippen LogP) is 3.55. The number of amides is 1. The molecule has 0 bridgehead atoms. The van der Waals surface area contributed by atoms with Gasteiger partial charge in [-0.05, 0) is 57.2 Å². The van der Waals surface area contributed by atoms with Crippen molar-refractivity contribution in [3.05, 3.63) is 41.4 Å². The molecule has 1 amide bonds. The van der Waals surface area contributed by atoms with Gasteiger partial charge in [0.05, 0.1) is 0 Å². The second kappa shape index (κ2) is 7.16. The van der Waals surface area contributed by atoms with Gasteiger partial charge in [0.2, 0.25) is 5.91 Å². The minimum absolute atomic E-state index is 0.0356. The number of nitrogens with one attached hydrogen (secondary N) is 2. The second-order valence-electron chi connectivity index (χ2n) is 6.72. The number of Topliss-reactive ketones (excluding diaryl/α,β-unsaturated/α-hetero) is 1. The van der Waals surface area contributed by atoms with Crippen LogP contribution in [0.15, 0.2) is 35.5 Å². The SMILES string of the molecule is CC1=C(NC2CCC(C(=O)Nc3cccc(F)c3)CC2)CCC1=O. The van der Waals surface area contributed by atoms with Gasteiger partial charge in [-0.2, -0.15) is 0 Å². The molecule has 0 saturated heterocycles. The van der Waals surface area contributed by atoms with E-state index in [-0.39, 0.29) is 23.4 Å². The number of carbonyl (C=O) groups excluding carboxylic acids is 2. The van der Waals surface area contributed by atoms with Crippen LogP contribution in [0.1, 0.15) is 45.4 Å². The van der Waals surface area contributed by atoms with E-state index in [4.69, 9.17) is 0 Å². The molecule has 1 aromatic carbocycles. The van der Waals surface area contributed by atoms with Crippen molar-refractivity contribution >= 4 is 17.4 Å². The van der Waals surface area contributed by atoms with E-state index in [1.54, 1.807) is 12.1 Å². The maximum atomic E-state index is 13.2. The van der Waals surface area contributed by atoms with E-state index in [9.17, 15) is 14.0 Å². The normalized spacial score (nSPS) is 24.2. The topological polar surface area (TPSA) is 58.2 Å². The van der Waals surface area contributed by atoms with Crippen LogP contribution in [0.4, 0.5) is 10.1 Å². The van der Waals surface area contributed by atoms with E-state index in [2.05, 4.69) is 10.6 Å². The summed E-state index contributed by atoms with van der Waals surface area (Å²) in [6, 6.07) is 6.30. The number of halogens is 1. The highest BCUT2D eigenvalue weighted by Gasteiger charge is 2.28. The van der Waals surface area contributed by atoms with Crippen molar-refractivity contribution in [3.63, 3.8) is 0 Å². The lowest BCUT2D eigenvalue weighted by atomic mass is 9.85. The van der Waals surface area contributed by atoms with Gasteiger partial charge in [0, 0.05) is 35.3 Å². The van der Waals surface area contributed by atoms with Crippen molar-refractivity contribution in [2.75, 3.05) is 5.32 Å². The number of benzene rings is 1. The van der Waals surface area contributed by atoms with Crippen LogP contribution in [0.2, 0.25) is 0 Å². The average Bonchev–Trinajstić information content (AvgIpc) is 2.87. The Kier molecular flexibility index (Phi) is 4.97. The smallest absolute Gasteiger partial charge is 0.227 e. The second-order valence-corrected chi connectivity index (χ2v) is 6.72. The van der Waals surface area contributed by atoms with Gasteiger partial charge in [-0.25, -0.2) is 4.39 Å². The van der Waals surface area contributed by atoms with E-state index in [0.717, 1.165) is 43.4 Å². The summed E-state index contributed by atoms with van der Waals surface area (Å²) in [7, 11) is 0. The Bertz CT molecular complexity index is 676. The van der Waals surface area contributed by atoms with Gasteiger partial charge in [-0.1, -0.05) is 6.07 Å². The third-order valence-corrected chi connectivity index (χ3v) is 5.04. The zero-order chi connectivity index (χ0) is 17.1. The molecule has 0 aliphatic heterocycles. The number of hydrogen-bond acceptors (Lipinski definition) is 3. The van der Waals surface area contributed by atoms with Crippen molar-refractivity contribution in [2.24, 2.45) is 5.92 Å². The van der Waals surface area contributed by atoms with Crippen LogP contribution in [0, 0.1) is 11.7 Å². The average molecular weight is 330 g/mol. The minimum atomic E-state index is -0.351. The highest BCUT2D eigenvalue weighted by atomic mass is 19.1. The first-order chi connectivity index (χ1) is 11.5. The summed E-state index contributed by atoms with van der Waals surface area (Å²) in [5.41, 5.74) is 2.44. The van der Waals surface area contributed by atoms with Gasteiger partial charge in [-0.15, -0.1) is 0 Å². The molecule has 128 valence electrons. The van der Waals surface area contributed by atoms with Gasteiger partial charge in [-0.3, -0.25) is 9.59 Å². The molecule has 0 radical (unpaired) electrons. The summed E-state index contributed by atoms with van der Waals surface area (Å²) in [6.45, 7) is 1.88.